The molecule has 2 aromatic rings. The minimum atomic E-state index is -1.02. The fourth-order valence-electron chi connectivity index (χ4n) is 1.87. The second-order valence-electron chi connectivity index (χ2n) is 4.37. The summed E-state index contributed by atoms with van der Waals surface area (Å²) in [6.07, 6.45) is 4.93. The van der Waals surface area contributed by atoms with Gasteiger partial charge in [0.1, 0.15) is 5.75 Å². The van der Waals surface area contributed by atoms with Crippen LogP contribution in [0.1, 0.15) is 11.3 Å². The van der Waals surface area contributed by atoms with Gasteiger partial charge in [-0.1, -0.05) is 23.7 Å². The number of aliphatic carboxylic acids is 1. The van der Waals surface area contributed by atoms with Gasteiger partial charge in [-0.05, 0) is 18.2 Å². The Morgan fingerprint density at radius 3 is 2.95 bits per heavy atom. The summed E-state index contributed by atoms with van der Waals surface area (Å²) < 4.78 is 7.49. The molecule has 0 radical (unpaired) electrons. The number of rotatable bonds is 6. The van der Waals surface area contributed by atoms with E-state index in [4.69, 9.17) is 21.4 Å². The zero-order valence-electron chi connectivity index (χ0n) is 11.5. The number of carboxylic acid groups (broad SMARTS) is 1. The van der Waals surface area contributed by atoms with Crippen molar-refractivity contribution >= 4 is 23.6 Å². The lowest BCUT2D eigenvalue weighted by atomic mass is 10.2. The third-order valence-electron chi connectivity index (χ3n) is 2.93. The lowest BCUT2D eigenvalue weighted by Gasteiger charge is -2.11. The number of ether oxygens (including phenoxy) is 1. The Kier molecular flexibility index (Phi) is 5.00. The van der Waals surface area contributed by atoms with Crippen LogP contribution < -0.4 is 4.74 Å². The summed E-state index contributed by atoms with van der Waals surface area (Å²) in [4.78, 5) is 10.6. The summed E-state index contributed by atoms with van der Waals surface area (Å²) in [6, 6.07) is 7.13. The van der Waals surface area contributed by atoms with Gasteiger partial charge in [0.15, 0.2) is 0 Å². The normalized spacial score (nSPS) is 11.0. The van der Waals surface area contributed by atoms with Crippen LogP contribution in [0.25, 0.3) is 6.08 Å². The van der Waals surface area contributed by atoms with Crippen molar-refractivity contribution < 1.29 is 14.6 Å². The Morgan fingerprint density at radius 2 is 2.29 bits per heavy atom. The Morgan fingerprint density at radius 1 is 1.48 bits per heavy atom. The second kappa shape index (κ2) is 6.95. The highest BCUT2D eigenvalue weighted by molar-refractivity contribution is 6.32. The van der Waals surface area contributed by atoms with Crippen molar-refractivity contribution in [3.8, 4) is 5.75 Å². The molecular weight excluding hydrogens is 292 g/mol. The van der Waals surface area contributed by atoms with Crippen LogP contribution in [0.4, 0.5) is 0 Å². The van der Waals surface area contributed by atoms with Crippen LogP contribution in [0, 0.1) is 0 Å². The number of halogens is 1. The Labute approximate surface area is 127 Å². The quantitative estimate of drug-likeness (QED) is 0.834. The monoisotopic (exact) mass is 306 g/mol. The summed E-state index contributed by atoms with van der Waals surface area (Å²) in [5.41, 5.74) is 1.68. The van der Waals surface area contributed by atoms with Gasteiger partial charge in [0.05, 0.1) is 11.6 Å². The van der Waals surface area contributed by atoms with E-state index in [9.17, 15) is 4.79 Å². The van der Waals surface area contributed by atoms with E-state index in [1.165, 1.54) is 6.08 Å². The van der Waals surface area contributed by atoms with Gasteiger partial charge < -0.3 is 9.84 Å². The largest absolute Gasteiger partial charge is 0.491 e. The summed E-state index contributed by atoms with van der Waals surface area (Å²) >= 11 is 6.11. The first kappa shape index (κ1) is 15.1. The summed E-state index contributed by atoms with van der Waals surface area (Å²) in [5.74, 6) is -0.533. The summed E-state index contributed by atoms with van der Waals surface area (Å²) in [6.45, 7) is 0.428. The van der Waals surface area contributed by atoms with Crippen molar-refractivity contribution in [1.29, 1.82) is 0 Å². The Bertz CT molecular complexity index is 665. The molecule has 5 nitrogen and oxygen atoms in total. The molecule has 6 heteroatoms. The summed E-state index contributed by atoms with van der Waals surface area (Å²) in [5, 5.41) is 13.2. The Hall–Kier alpha value is -2.27. The van der Waals surface area contributed by atoms with Crippen molar-refractivity contribution in [2.75, 3.05) is 6.61 Å². The van der Waals surface area contributed by atoms with E-state index in [0.29, 0.717) is 29.4 Å². The molecule has 0 amide bonds. The van der Waals surface area contributed by atoms with Gasteiger partial charge in [-0.2, -0.15) is 5.10 Å². The lowest BCUT2D eigenvalue weighted by Crippen LogP contribution is -2.07. The highest BCUT2D eigenvalue weighted by Gasteiger charge is 2.07. The number of aryl methyl sites for hydroxylation is 1. The number of nitrogens with zero attached hydrogens (tertiary/aromatic N) is 2. The van der Waals surface area contributed by atoms with Crippen molar-refractivity contribution in [2.24, 2.45) is 7.05 Å². The number of hydrogen-bond donors (Lipinski definition) is 1. The third-order valence-corrected chi connectivity index (χ3v) is 3.23. The fraction of sp³-hybridized carbons (Fsp3) is 0.200. The molecule has 0 fully saturated rings. The molecule has 0 atom stereocenters. The van der Waals surface area contributed by atoms with Crippen LogP contribution in [0.15, 0.2) is 36.5 Å². The van der Waals surface area contributed by atoms with E-state index < -0.39 is 5.97 Å². The van der Waals surface area contributed by atoms with E-state index in [1.54, 1.807) is 29.1 Å². The van der Waals surface area contributed by atoms with Crippen LogP contribution in [0.2, 0.25) is 5.02 Å². The van der Waals surface area contributed by atoms with Gasteiger partial charge in [0, 0.05) is 37.0 Å². The van der Waals surface area contributed by atoms with E-state index in [-0.39, 0.29) is 0 Å². The molecular formula is C15H15ClN2O3. The minimum absolute atomic E-state index is 0.428. The van der Waals surface area contributed by atoms with E-state index in [1.807, 2.05) is 13.1 Å². The molecule has 0 aliphatic carbocycles. The molecule has 1 aromatic heterocycles. The molecule has 0 saturated carbocycles. The topological polar surface area (TPSA) is 64.4 Å². The maximum atomic E-state index is 10.6. The molecule has 1 heterocycles. The summed E-state index contributed by atoms with van der Waals surface area (Å²) in [7, 11) is 1.87. The first-order chi connectivity index (χ1) is 10.1. The SMILES string of the molecule is Cn1nccc1CCOc1c(Cl)cccc1/C=C/C(=O)O. The van der Waals surface area contributed by atoms with Gasteiger partial charge in [0.25, 0.3) is 0 Å². The average Bonchev–Trinajstić information content (AvgIpc) is 2.84. The standard InChI is InChI=1S/C15H15ClN2O3/c1-18-12(7-9-17-18)8-10-21-15-11(5-6-14(19)20)3-2-4-13(15)16/h2-7,9H,8,10H2,1H3,(H,19,20)/b6-5+. The van der Waals surface area contributed by atoms with Crippen molar-refractivity contribution in [1.82, 2.24) is 9.78 Å². The Balaban J connectivity index is 2.08. The van der Waals surface area contributed by atoms with Gasteiger partial charge in [-0.15, -0.1) is 0 Å². The average molecular weight is 307 g/mol. The third kappa shape index (κ3) is 4.10. The zero-order chi connectivity index (χ0) is 15.2. The van der Waals surface area contributed by atoms with Gasteiger partial charge in [-0.25, -0.2) is 4.79 Å². The number of carbonyl (C=O) groups is 1. The molecule has 21 heavy (non-hydrogen) atoms. The zero-order valence-corrected chi connectivity index (χ0v) is 12.2. The van der Waals surface area contributed by atoms with Crippen LogP contribution in [-0.4, -0.2) is 27.5 Å². The van der Waals surface area contributed by atoms with Crippen LogP contribution in [0.3, 0.4) is 0 Å². The number of para-hydroxylation sites is 1. The molecule has 0 aliphatic rings. The predicted molar refractivity (Wildman–Crippen MR) is 80.5 cm³/mol. The van der Waals surface area contributed by atoms with E-state index >= 15 is 0 Å². The van der Waals surface area contributed by atoms with Crippen LogP contribution >= 0.6 is 11.6 Å². The van der Waals surface area contributed by atoms with E-state index in [0.717, 1.165) is 11.8 Å². The number of hydrogen-bond acceptors (Lipinski definition) is 3. The molecule has 1 aromatic carbocycles. The van der Waals surface area contributed by atoms with Crippen molar-refractivity contribution in [3.05, 3.63) is 52.8 Å². The molecule has 1 N–H and O–H groups in total. The maximum absolute atomic E-state index is 10.6. The van der Waals surface area contributed by atoms with Gasteiger partial charge in [0.2, 0.25) is 0 Å². The number of carboxylic acids is 1. The molecule has 0 unspecified atom stereocenters. The van der Waals surface area contributed by atoms with Gasteiger partial charge in [-0.3, -0.25) is 4.68 Å². The second-order valence-corrected chi connectivity index (χ2v) is 4.78. The molecule has 2 rings (SSSR count). The maximum Gasteiger partial charge on any atom is 0.328 e. The van der Waals surface area contributed by atoms with Crippen molar-refractivity contribution in [2.45, 2.75) is 6.42 Å². The molecule has 0 bridgehead atoms. The highest BCUT2D eigenvalue weighted by Crippen LogP contribution is 2.29. The van der Waals surface area contributed by atoms with E-state index in [2.05, 4.69) is 5.10 Å². The predicted octanol–water partition coefficient (Wildman–Crippen LogP) is 2.79. The van der Waals surface area contributed by atoms with Crippen LogP contribution in [0.5, 0.6) is 5.75 Å². The lowest BCUT2D eigenvalue weighted by molar-refractivity contribution is -0.131. The number of aromatic nitrogens is 2. The van der Waals surface area contributed by atoms with Crippen molar-refractivity contribution in [3.63, 3.8) is 0 Å². The number of benzene rings is 1. The smallest absolute Gasteiger partial charge is 0.328 e. The first-order valence-corrected chi connectivity index (χ1v) is 6.75. The fourth-order valence-corrected chi connectivity index (χ4v) is 2.11. The highest BCUT2D eigenvalue weighted by atomic mass is 35.5. The molecule has 0 aliphatic heterocycles. The molecule has 0 saturated heterocycles. The first-order valence-electron chi connectivity index (χ1n) is 6.37. The van der Waals surface area contributed by atoms with Gasteiger partial charge >= 0.3 is 5.97 Å². The minimum Gasteiger partial charge on any atom is -0.491 e. The van der Waals surface area contributed by atoms with Crippen LogP contribution in [-0.2, 0) is 18.3 Å². The molecule has 110 valence electrons. The molecule has 0 spiro atoms.